The van der Waals surface area contributed by atoms with E-state index in [2.05, 4.69) is 87.5 Å². The summed E-state index contributed by atoms with van der Waals surface area (Å²) in [6.07, 6.45) is 2.34. The molecule has 0 nitrogen and oxygen atoms in total. The van der Waals surface area contributed by atoms with E-state index in [1.807, 2.05) is 0 Å². The standard InChI is InChI=1S/C23H25.3ClH.Ti/c1-4-8-19-11-7-14-22(19)23(20-12-5-9-17(2)15-20)21-13-6-10-18(3)16-21;;;;/h5-7,9-16,23H,4,8H2,1-3H3;3*1H;/q-1;;;;+4/p-3. The molecule has 0 fully saturated rings. The van der Waals surface area contributed by atoms with Crippen molar-refractivity contribution in [2.45, 2.75) is 39.5 Å². The average molecular weight is 456 g/mol. The Bertz CT molecular complexity index is 750. The van der Waals surface area contributed by atoms with Crippen molar-refractivity contribution in [2.24, 2.45) is 0 Å². The third-order valence-electron chi connectivity index (χ3n) is 4.53. The molecule has 0 unspecified atom stereocenters. The molecule has 3 aromatic carbocycles. The van der Waals surface area contributed by atoms with Crippen LogP contribution in [0.15, 0.2) is 66.7 Å². The first-order valence-corrected chi connectivity index (χ1v) is 8.56. The van der Waals surface area contributed by atoms with Crippen molar-refractivity contribution in [3.63, 3.8) is 0 Å². The molecule has 0 radical (unpaired) electrons. The fourth-order valence-corrected chi connectivity index (χ4v) is 3.50. The van der Waals surface area contributed by atoms with Gasteiger partial charge >= 0.3 is 21.7 Å². The number of hydrogen-bond donors (Lipinski definition) is 0. The molecule has 0 saturated heterocycles. The van der Waals surface area contributed by atoms with E-state index in [0.717, 1.165) is 6.42 Å². The number of halogens is 3. The van der Waals surface area contributed by atoms with Gasteiger partial charge in [0.1, 0.15) is 0 Å². The molecule has 0 aromatic heterocycles. The van der Waals surface area contributed by atoms with Gasteiger partial charge in [-0.3, -0.25) is 0 Å². The molecular formula is C23H25Cl3Ti. The minimum atomic E-state index is 0. The fourth-order valence-electron chi connectivity index (χ4n) is 3.50. The Morgan fingerprint density at radius 2 is 1.30 bits per heavy atom. The summed E-state index contributed by atoms with van der Waals surface area (Å²) in [4.78, 5) is 0. The van der Waals surface area contributed by atoms with Crippen molar-refractivity contribution in [3.05, 3.63) is 100 Å². The van der Waals surface area contributed by atoms with Crippen molar-refractivity contribution in [1.29, 1.82) is 0 Å². The van der Waals surface area contributed by atoms with Gasteiger partial charge in [-0.15, -0.1) is 5.56 Å². The van der Waals surface area contributed by atoms with E-state index in [1.54, 1.807) is 0 Å². The Hall–Kier alpha value is -0.626. The van der Waals surface area contributed by atoms with E-state index in [-0.39, 0.29) is 58.9 Å². The SMILES string of the molecule is CCCc1ccc[c-]1C(c1cccc(C)c1)c1cccc(C)c1.[Cl-].[Cl-].[Cl-].[Ti+4]. The first-order valence-electron chi connectivity index (χ1n) is 8.56. The normalized spacial score (nSPS) is 9.48. The Kier molecular flexibility index (Phi) is 14.3. The van der Waals surface area contributed by atoms with Crippen molar-refractivity contribution in [3.8, 4) is 0 Å². The summed E-state index contributed by atoms with van der Waals surface area (Å²) in [6.45, 7) is 6.61. The monoisotopic (exact) mass is 454 g/mol. The Balaban J connectivity index is 0. The zero-order chi connectivity index (χ0) is 16.2. The summed E-state index contributed by atoms with van der Waals surface area (Å²) in [5.41, 5.74) is 8.37. The summed E-state index contributed by atoms with van der Waals surface area (Å²) in [5.74, 6) is 0.325. The molecule has 0 bridgehead atoms. The molecule has 142 valence electrons. The molecule has 3 aromatic rings. The van der Waals surface area contributed by atoms with E-state index in [9.17, 15) is 0 Å². The molecule has 0 aliphatic heterocycles. The van der Waals surface area contributed by atoms with Gasteiger partial charge in [-0.1, -0.05) is 79.4 Å². The van der Waals surface area contributed by atoms with Crippen LogP contribution in [0.2, 0.25) is 0 Å². The second-order valence-electron chi connectivity index (χ2n) is 6.52. The predicted octanol–water partition coefficient (Wildman–Crippen LogP) is -2.84. The summed E-state index contributed by atoms with van der Waals surface area (Å²) in [7, 11) is 0. The fraction of sp³-hybridized carbons (Fsp3) is 0.261. The molecule has 0 aliphatic carbocycles. The van der Waals surface area contributed by atoms with Crippen LogP contribution in [0.5, 0.6) is 0 Å². The molecule has 4 heteroatoms. The third-order valence-corrected chi connectivity index (χ3v) is 4.53. The van der Waals surface area contributed by atoms with Crippen molar-refractivity contribution in [2.75, 3.05) is 0 Å². The maximum atomic E-state index is 2.33. The van der Waals surface area contributed by atoms with E-state index in [0.29, 0.717) is 5.92 Å². The number of rotatable bonds is 5. The van der Waals surface area contributed by atoms with Crippen LogP contribution < -0.4 is 37.2 Å². The molecule has 0 amide bonds. The maximum Gasteiger partial charge on any atom is 4.00 e. The largest absolute Gasteiger partial charge is 4.00 e. The molecule has 0 spiro atoms. The quantitative estimate of drug-likeness (QED) is 0.287. The Morgan fingerprint density at radius 3 is 1.74 bits per heavy atom. The molecule has 3 rings (SSSR count). The zero-order valence-electron chi connectivity index (χ0n) is 16.0. The van der Waals surface area contributed by atoms with Gasteiger partial charge in [0.2, 0.25) is 0 Å². The van der Waals surface area contributed by atoms with E-state index >= 15 is 0 Å². The summed E-state index contributed by atoms with van der Waals surface area (Å²) < 4.78 is 0. The molecule has 27 heavy (non-hydrogen) atoms. The van der Waals surface area contributed by atoms with Crippen molar-refractivity contribution >= 4 is 0 Å². The van der Waals surface area contributed by atoms with Crippen LogP contribution in [0.4, 0.5) is 0 Å². The Morgan fingerprint density at radius 1 is 0.778 bits per heavy atom. The predicted molar refractivity (Wildman–Crippen MR) is 99.3 cm³/mol. The first-order chi connectivity index (χ1) is 11.2. The summed E-state index contributed by atoms with van der Waals surface area (Å²) in [6, 6.07) is 24.7. The van der Waals surface area contributed by atoms with Crippen LogP contribution in [0.25, 0.3) is 0 Å². The molecule has 0 aliphatic rings. The van der Waals surface area contributed by atoms with Gasteiger partial charge in [-0.2, -0.15) is 11.6 Å². The van der Waals surface area contributed by atoms with Gasteiger partial charge in [-0.05, 0) is 30.9 Å². The van der Waals surface area contributed by atoms with Gasteiger partial charge in [-0.25, -0.2) is 12.1 Å². The second kappa shape index (κ2) is 13.5. The maximum absolute atomic E-state index is 2.33. The second-order valence-corrected chi connectivity index (χ2v) is 6.52. The van der Waals surface area contributed by atoms with Crippen LogP contribution >= 0.6 is 0 Å². The topological polar surface area (TPSA) is 0 Å². The molecular weight excluding hydrogens is 430 g/mol. The van der Waals surface area contributed by atoms with Gasteiger partial charge in [0.15, 0.2) is 0 Å². The van der Waals surface area contributed by atoms with Crippen LogP contribution in [0.3, 0.4) is 0 Å². The first kappa shape index (κ1) is 28.6. The molecule has 0 atom stereocenters. The van der Waals surface area contributed by atoms with Crippen LogP contribution in [-0.2, 0) is 28.1 Å². The molecule has 0 saturated carbocycles. The molecule has 0 N–H and O–H groups in total. The van der Waals surface area contributed by atoms with Crippen LogP contribution in [-0.4, -0.2) is 0 Å². The summed E-state index contributed by atoms with van der Waals surface area (Å²) in [5, 5.41) is 0. The van der Waals surface area contributed by atoms with Gasteiger partial charge < -0.3 is 37.2 Å². The average Bonchev–Trinajstić information content (AvgIpc) is 2.96. The van der Waals surface area contributed by atoms with E-state index in [4.69, 9.17) is 0 Å². The van der Waals surface area contributed by atoms with E-state index in [1.165, 1.54) is 39.8 Å². The minimum Gasteiger partial charge on any atom is -1.00 e. The minimum absolute atomic E-state index is 0. The van der Waals surface area contributed by atoms with Gasteiger partial charge in [0.25, 0.3) is 0 Å². The van der Waals surface area contributed by atoms with Crippen molar-refractivity contribution < 1.29 is 58.9 Å². The Labute approximate surface area is 197 Å². The zero-order valence-corrected chi connectivity index (χ0v) is 19.8. The third kappa shape index (κ3) is 7.04. The van der Waals surface area contributed by atoms with Crippen LogP contribution in [0.1, 0.15) is 52.6 Å². The number of benzene rings is 2. The number of hydrogen-bond acceptors (Lipinski definition) is 0. The van der Waals surface area contributed by atoms with Crippen LogP contribution in [0, 0.1) is 13.8 Å². The summed E-state index contributed by atoms with van der Waals surface area (Å²) >= 11 is 0. The van der Waals surface area contributed by atoms with Crippen molar-refractivity contribution in [1.82, 2.24) is 0 Å². The molecule has 0 heterocycles. The van der Waals surface area contributed by atoms with Gasteiger partial charge in [0, 0.05) is 0 Å². The number of aryl methyl sites for hydroxylation is 3. The van der Waals surface area contributed by atoms with Gasteiger partial charge in [0.05, 0.1) is 0 Å². The van der Waals surface area contributed by atoms with E-state index < -0.39 is 0 Å². The smallest absolute Gasteiger partial charge is 1.00 e.